The predicted molar refractivity (Wildman–Crippen MR) is 84.3 cm³/mol. The average Bonchev–Trinajstić information content (AvgIpc) is 2.42. The molecule has 0 aliphatic heterocycles. The molecule has 112 valence electrons. The Morgan fingerprint density at radius 1 is 1.10 bits per heavy atom. The summed E-state index contributed by atoms with van der Waals surface area (Å²) in [6.45, 7) is 4.40. The fourth-order valence-corrected chi connectivity index (χ4v) is 2.07. The van der Waals surface area contributed by atoms with Gasteiger partial charge in [0.2, 0.25) is 0 Å². The maximum Gasteiger partial charge on any atom is 0.157 e. The van der Waals surface area contributed by atoms with Crippen molar-refractivity contribution >= 4 is 17.3 Å². The largest absolute Gasteiger partial charge is 0.504 e. The maximum atomic E-state index is 9.45. The fraction of sp³-hybridized carbons (Fsp3) is 0.250. The van der Waals surface area contributed by atoms with Crippen LogP contribution in [0.4, 0.5) is 5.69 Å². The second-order valence-corrected chi connectivity index (χ2v) is 5.40. The molecule has 0 aliphatic rings. The van der Waals surface area contributed by atoms with Crippen LogP contribution in [-0.2, 0) is 6.54 Å². The number of halogens is 1. The number of phenolic OH excluding ortho intramolecular Hbond substituents is 2. The van der Waals surface area contributed by atoms with E-state index in [2.05, 4.69) is 5.32 Å². The van der Waals surface area contributed by atoms with Crippen LogP contribution in [0.15, 0.2) is 36.4 Å². The summed E-state index contributed by atoms with van der Waals surface area (Å²) < 4.78 is 5.57. The number of phenols is 2. The molecule has 0 bridgehead atoms. The molecule has 0 saturated heterocycles. The number of hydrogen-bond donors (Lipinski definition) is 3. The zero-order valence-corrected chi connectivity index (χ0v) is 12.7. The molecule has 0 atom stereocenters. The van der Waals surface area contributed by atoms with Gasteiger partial charge < -0.3 is 20.3 Å². The van der Waals surface area contributed by atoms with Crippen LogP contribution in [0.3, 0.4) is 0 Å². The Labute approximate surface area is 129 Å². The number of benzene rings is 2. The van der Waals surface area contributed by atoms with Gasteiger partial charge in [-0.3, -0.25) is 0 Å². The summed E-state index contributed by atoms with van der Waals surface area (Å²) in [6, 6.07) is 10.2. The lowest BCUT2D eigenvalue weighted by Gasteiger charge is -2.13. The van der Waals surface area contributed by atoms with Gasteiger partial charge in [-0.05, 0) is 49.7 Å². The summed E-state index contributed by atoms with van der Waals surface area (Å²) in [4.78, 5) is 0. The van der Waals surface area contributed by atoms with Crippen LogP contribution in [-0.4, -0.2) is 16.3 Å². The minimum atomic E-state index is -0.131. The Kier molecular flexibility index (Phi) is 4.81. The Bertz CT molecular complexity index is 629. The van der Waals surface area contributed by atoms with Gasteiger partial charge >= 0.3 is 0 Å². The first kappa shape index (κ1) is 15.3. The van der Waals surface area contributed by atoms with E-state index in [1.807, 2.05) is 26.0 Å². The standard InChI is InChI=1S/C16H18ClNO3/c1-10(2)21-16-6-4-12(8-13(16)17)18-9-11-3-5-14(19)15(20)7-11/h3-8,10,18-20H,9H2,1-2H3. The topological polar surface area (TPSA) is 61.7 Å². The van der Waals surface area contributed by atoms with Crippen LogP contribution in [0, 0.1) is 0 Å². The van der Waals surface area contributed by atoms with Crippen molar-refractivity contribution < 1.29 is 14.9 Å². The number of hydrogen-bond acceptors (Lipinski definition) is 4. The van der Waals surface area contributed by atoms with Crippen LogP contribution in [0.2, 0.25) is 5.02 Å². The average molecular weight is 308 g/mol. The van der Waals surface area contributed by atoms with E-state index in [4.69, 9.17) is 16.3 Å². The van der Waals surface area contributed by atoms with Gasteiger partial charge in [0.25, 0.3) is 0 Å². The molecule has 0 amide bonds. The van der Waals surface area contributed by atoms with Gasteiger partial charge in [-0.15, -0.1) is 0 Å². The van der Waals surface area contributed by atoms with Crippen LogP contribution in [0.1, 0.15) is 19.4 Å². The maximum absolute atomic E-state index is 9.45. The summed E-state index contributed by atoms with van der Waals surface area (Å²) in [6.07, 6.45) is 0.0706. The van der Waals surface area contributed by atoms with Gasteiger partial charge in [0.05, 0.1) is 11.1 Å². The molecule has 5 heteroatoms. The van der Waals surface area contributed by atoms with Gasteiger partial charge in [-0.25, -0.2) is 0 Å². The molecule has 3 N–H and O–H groups in total. The lowest BCUT2D eigenvalue weighted by molar-refractivity contribution is 0.242. The highest BCUT2D eigenvalue weighted by atomic mass is 35.5. The third-order valence-electron chi connectivity index (χ3n) is 2.83. The van der Waals surface area contributed by atoms with E-state index < -0.39 is 0 Å². The Hall–Kier alpha value is -2.07. The zero-order chi connectivity index (χ0) is 15.4. The van der Waals surface area contributed by atoms with Crippen LogP contribution in [0.25, 0.3) is 0 Å². The molecule has 0 spiro atoms. The summed E-state index contributed by atoms with van der Waals surface area (Å²) in [5, 5.41) is 22.5. The lowest BCUT2D eigenvalue weighted by atomic mass is 10.2. The third-order valence-corrected chi connectivity index (χ3v) is 3.13. The third kappa shape index (κ3) is 4.20. The quantitative estimate of drug-likeness (QED) is 0.726. The zero-order valence-electron chi connectivity index (χ0n) is 11.9. The number of aromatic hydroxyl groups is 2. The fourth-order valence-electron chi connectivity index (χ4n) is 1.84. The Morgan fingerprint density at radius 3 is 2.48 bits per heavy atom. The summed E-state index contributed by atoms with van der Waals surface area (Å²) >= 11 is 6.16. The highest BCUT2D eigenvalue weighted by molar-refractivity contribution is 6.32. The minimum Gasteiger partial charge on any atom is -0.504 e. The molecule has 0 fully saturated rings. The highest BCUT2D eigenvalue weighted by Crippen LogP contribution is 2.29. The Morgan fingerprint density at radius 2 is 1.86 bits per heavy atom. The molecule has 0 radical (unpaired) electrons. The van der Waals surface area contributed by atoms with Crippen molar-refractivity contribution in [3.8, 4) is 17.2 Å². The van der Waals surface area contributed by atoms with Gasteiger partial charge in [0.1, 0.15) is 5.75 Å². The number of anilines is 1. The van der Waals surface area contributed by atoms with Gasteiger partial charge in [0.15, 0.2) is 11.5 Å². The first-order valence-electron chi connectivity index (χ1n) is 6.66. The lowest BCUT2D eigenvalue weighted by Crippen LogP contribution is -2.06. The monoisotopic (exact) mass is 307 g/mol. The minimum absolute atomic E-state index is 0.0706. The second kappa shape index (κ2) is 6.59. The molecular weight excluding hydrogens is 290 g/mol. The molecule has 2 rings (SSSR count). The molecule has 0 unspecified atom stereocenters. The second-order valence-electron chi connectivity index (χ2n) is 4.99. The van der Waals surface area contributed by atoms with Crippen molar-refractivity contribution in [1.82, 2.24) is 0 Å². The van der Waals surface area contributed by atoms with E-state index in [1.165, 1.54) is 12.1 Å². The van der Waals surface area contributed by atoms with Crippen molar-refractivity contribution in [2.24, 2.45) is 0 Å². The molecule has 0 heterocycles. The highest BCUT2D eigenvalue weighted by Gasteiger charge is 2.06. The molecule has 0 aliphatic carbocycles. The van der Waals surface area contributed by atoms with Crippen LogP contribution in [0.5, 0.6) is 17.2 Å². The predicted octanol–water partition coefficient (Wildman–Crippen LogP) is 4.15. The van der Waals surface area contributed by atoms with E-state index in [0.29, 0.717) is 17.3 Å². The van der Waals surface area contributed by atoms with E-state index in [0.717, 1.165) is 11.3 Å². The van der Waals surface area contributed by atoms with E-state index in [9.17, 15) is 10.2 Å². The number of rotatable bonds is 5. The molecule has 2 aromatic carbocycles. The normalized spacial score (nSPS) is 10.7. The van der Waals surface area contributed by atoms with Crippen molar-refractivity contribution in [3.63, 3.8) is 0 Å². The molecular formula is C16H18ClNO3. The molecule has 4 nitrogen and oxygen atoms in total. The van der Waals surface area contributed by atoms with Gasteiger partial charge in [-0.1, -0.05) is 17.7 Å². The van der Waals surface area contributed by atoms with Crippen molar-refractivity contribution in [3.05, 3.63) is 47.0 Å². The molecule has 2 aromatic rings. The molecule has 0 aromatic heterocycles. The summed E-state index contributed by atoms with van der Waals surface area (Å²) in [7, 11) is 0. The molecule has 0 saturated carbocycles. The van der Waals surface area contributed by atoms with E-state index in [-0.39, 0.29) is 17.6 Å². The van der Waals surface area contributed by atoms with Gasteiger partial charge in [-0.2, -0.15) is 0 Å². The van der Waals surface area contributed by atoms with Gasteiger partial charge in [0, 0.05) is 12.2 Å². The Balaban J connectivity index is 2.03. The smallest absolute Gasteiger partial charge is 0.157 e. The van der Waals surface area contributed by atoms with Crippen molar-refractivity contribution in [2.75, 3.05) is 5.32 Å². The summed E-state index contributed by atoms with van der Waals surface area (Å²) in [5.41, 5.74) is 1.70. The van der Waals surface area contributed by atoms with Crippen molar-refractivity contribution in [1.29, 1.82) is 0 Å². The number of ether oxygens (including phenoxy) is 1. The summed E-state index contributed by atoms with van der Waals surface area (Å²) in [5.74, 6) is 0.393. The van der Waals surface area contributed by atoms with E-state index >= 15 is 0 Å². The number of nitrogens with one attached hydrogen (secondary N) is 1. The molecule has 21 heavy (non-hydrogen) atoms. The van der Waals surface area contributed by atoms with Crippen LogP contribution >= 0.6 is 11.6 Å². The van der Waals surface area contributed by atoms with E-state index in [1.54, 1.807) is 12.1 Å². The van der Waals surface area contributed by atoms with Crippen LogP contribution < -0.4 is 10.1 Å². The van der Waals surface area contributed by atoms with Crippen molar-refractivity contribution in [2.45, 2.75) is 26.5 Å². The first-order valence-corrected chi connectivity index (χ1v) is 7.04. The SMILES string of the molecule is CC(C)Oc1ccc(NCc2ccc(O)c(O)c2)cc1Cl. The first-order chi connectivity index (χ1) is 9.95.